The lowest BCUT2D eigenvalue weighted by atomic mass is 10.7. The number of nitrogens with zero attached hydrogens (tertiary/aromatic N) is 4. The quantitative estimate of drug-likeness (QED) is 0.568. The Hall–Kier alpha value is -1.79. The average Bonchev–Trinajstić information content (AvgIpc) is 3.24. The zero-order chi connectivity index (χ0) is 18.4. The zero-order valence-electron chi connectivity index (χ0n) is 14.6. The van der Waals surface area contributed by atoms with E-state index in [1.165, 1.54) is 0 Å². The average molecular weight is 354 g/mol. The predicted molar refractivity (Wildman–Crippen MR) is 91.9 cm³/mol. The summed E-state index contributed by atoms with van der Waals surface area (Å²) in [5.74, 6) is 0. The van der Waals surface area contributed by atoms with Crippen molar-refractivity contribution < 1.29 is 23.4 Å². The van der Waals surface area contributed by atoms with E-state index in [-0.39, 0.29) is 6.61 Å². The highest BCUT2D eigenvalue weighted by molar-refractivity contribution is 7.36. The normalized spacial score (nSPS) is 9.58. The van der Waals surface area contributed by atoms with Crippen LogP contribution in [0.1, 0.15) is 20.8 Å². The van der Waals surface area contributed by atoms with Gasteiger partial charge in [0, 0.05) is 6.61 Å². The fraction of sp³-hybridized carbons (Fsp3) is 0.375. The molecule has 0 aliphatic carbocycles. The van der Waals surface area contributed by atoms with Crippen molar-refractivity contribution in [2.24, 2.45) is 0 Å². The maximum absolute atomic E-state index is 9.41. The number of aromatic nitrogens is 4. The van der Waals surface area contributed by atoms with Gasteiger partial charge < -0.3 is 14.3 Å². The molecule has 0 saturated carbocycles. The third kappa shape index (κ3) is 10.1. The molecule has 0 bridgehead atoms. The molecule has 0 unspecified atom stereocenters. The fourth-order valence-electron chi connectivity index (χ4n) is 1.52. The van der Waals surface area contributed by atoms with Gasteiger partial charge in [0.05, 0.1) is 25.5 Å². The minimum atomic E-state index is -2.60. The summed E-state index contributed by atoms with van der Waals surface area (Å²) in [7, 11) is -2.60. The van der Waals surface area contributed by atoms with Crippen LogP contribution in [0.3, 0.4) is 0 Å². The third-order valence-electron chi connectivity index (χ3n) is 2.81. The summed E-state index contributed by atoms with van der Waals surface area (Å²) >= 11 is 0. The van der Waals surface area contributed by atoms with Crippen LogP contribution >= 0.6 is 8.60 Å². The summed E-state index contributed by atoms with van der Waals surface area (Å²) in [5, 5.41) is 0. The van der Waals surface area contributed by atoms with Crippen LogP contribution in [0.4, 0.5) is 0 Å². The second-order valence-electron chi connectivity index (χ2n) is 4.39. The Labute approximate surface area is 145 Å². The first kappa shape index (κ1) is 22.2. The van der Waals surface area contributed by atoms with E-state index in [9.17, 15) is 9.79 Å². The van der Waals surface area contributed by atoms with Crippen LogP contribution in [0.2, 0.25) is 0 Å². The lowest BCUT2D eigenvalue weighted by Crippen LogP contribution is -2.28. The molecule has 134 valence electrons. The van der Waals surface area contributed by atoms with Crippen molar-refractivity contribution in [3.8, 4) is 0 Å². The topological polar surface area (TPSA) is 73.0 Å². The molecule has 2 rings (SSSR count). The summed E-state index contributed by atoms with van der Waals surface area (Å²) in [6.45, 7) is 15.3. The molecular weight excluding hydrogens is 327 g/mol. The number of imidazole rings is 2. The maximum atomic E-state index is 9.41. The highest BCUT2D eigenvalue weighted by Gasteiger charge is 1.95. The van der Waals surface area contributed by atoms with Gasteiger partial charge in [0.2, 0.25) is 12.7 Å². The molecule has 0 amide bonds. The van der Waals surface area contributed by atoms with Gasteiger partial charge in [0.1, 0.15) is 24.8 Å². The fourth-order valence-corrected chi connectivity index (χ4v) is 1.73. The minimum Gasteiger partial charge on any atom is -0.820 e. The van der Waals surface area contributed by atoms with Crippen LogP contribution < -0.4 is 18.9 Å². The lowest BCUT2D eigenvalue weighted by molar-refractivity contribution is -0.692. The van der Waals surface area contributed by atoms with Gasteiger partial charge in [0.15, 0.2) is 0 Å². The van der Waals surface area contributed by atoms with E-state index in [1.807, 2.05) is 46.6 Å². The molecule has 2 heterocycles. The monoisotopic (exact) mass is 354 g/mol. The van der Waals surface area contributed by atoms with Crippen LogP contribution in [-0.2, 0) is 17.6 Å². The largest absolute Gasteiger partial charge is 0.820 e. The molecule has 2 aromatic rings. The molecule has 24 heavy (non-hydrogen) atoms. The van der Waals surface area contributed by atoms with Crippen LogP contribution in [0.25, 0.3) is 12.4 Å². The summed E-state index contributed by atoms with van der Waals surface area (Å²) in [5.41, 5.74) is 0. The summed E-state index contributed by atoms with van der Waals surface area (Å²) < 4.78 is 12.0. The standard InChI is InChI=1S/2C7H11N2.C2H5O3P/c2*1-3-8-5-6-9(4-2)7-8;1-2-5-6(3)4/h2*3,5-7H,1,4H2,2H3;2H2,1H3/q2*+1;-2. The minimum absolute atomic E-state index is 0.235. The van der Waals surface area contributed by atoms with Gasteiger partial charge in [-0.2, -0.15) is 8.60 Å². The molecule has 2 aromatic heterocycles. The Morgan fingerprint density at radius 2 is 1.38 bits per heavy atom. The molecule has 0 radical (unpaired) electrons. The summed E-state index contributed by atoms with van der Waals surface area (Å²) in [6, 6.07) is 0. The number of hydrogen-bond donors (Lipinski definition) is 0. The molecule has 8 heteroatoms. The van der Waals surface area contributed by atoms with E-state index in [0.29, 0.717) is 0 Å². The van der Waals surface area contributed by atoms with Crippen LogP contribution in [-0.4, -0.2) is 15.7 Å². The SMILES string of the molecule is C=Cn1cc[n+](CC)c1.C=Cn1cc[n+](CC)c1.CCOP([O-])[O-]. The first-order chi connectivity index (χ1) is 11.5. The van der Waals surface area contributed by atoms with Gasteiger partial charge in [-0.1, -0.05) is 13.2 Å². The van der Waals surface area contributed by atoms with E-state index >= 15 is 0 Å². The van der Waals surface area contributed by atoms with E-state index in [0.717, 1.165) is 13.1 Å². The van der Waals surface area contributed by atoms with Gasteiger partial charge in [0.25, 0.3) is 0 Å². The van der Waals surface area contributed by atoms with Gasteiger partial charge in [-0.15, -0.1) is 0 Å². The first-order valence-electron chi connectivity index (χ1n) is 7.66. The molecule has 7 nitrogen and oxygen atoms in total. The van der Waals surface area contributed by atoms with Crippen molar-refractivity contribution in [2.75, 3.05) is 6.61 Å². The highest BCUT2D eigenvalue weighted by Crippen LogP contribution is 2.10. The zero-order valence-corrected chi connectivity index (χ0v) is 15.5. The Kier molecular flexibility index (Phi) is 12.6. The van der Waals surface area contributed by atoms with Crippen LogP contribution in [0, 0.1) is 0 Å². The second kappa shape index (κ2) is 13.6. The van der Waals surface area contributed by atoms with Gasteiger partial charge in [-0.05, 0) is 20.8 Å². The van der Waals surface area contributed by atoms with Crippen molar-refractivity contribution in [3.05, 3.63) is 50.6 Å². The molecule has 0 atom stereocenters. The molecule has 0 spiro atoms. The Bertz CT molecular complexity index is 535. The Balaban J connectivity index is 0.000000340. The molecule has 0 aliphatic heterocycles. The van der Waals surface area contributed by atoms with E-state index in [4.69, 9.17) is 0 Å². The van der Waals surface area contributed by atoms with Crippen molar-refractivity contribution in [3.63, 3.8) is 0 Å². The van der Waals surface area contributed by atoms with Gasteiger partial charge in [-0.3, -0.25) is 0 Å². The third-order valence-corrected chi connectivity index (χ3v) is 3.28. The van der Waals surface area contributed by atoms with E-state index in [2.05, 4.69) is 40.7 Å². The van der Waals surface area contributed by atoms with Crippen molar-refractivity contribution in [2.45, 2.75) is 33.9 Å². The lowest BCUT2D eigenvalue weighted by Gasteiger charge is -2.27. The molecule has 0 N–H and O–H groups in total. The number of rotatable bonds is 6. The smallest absolute Gasteiger partial charge is 0.248 e. The molecular formula is C16H27N4O3P. The van der Waals surface area contributed by atoms with Gasteiger partial charge in [-0.25, -0.2) is 18.3 Å². The maximum Gasteiger partial charge on any atom is 0.248 e. The molecule has 0 fully saturated rings. The molecule has 0 aromatic carbocycles. The van der Waals surface area contributed by atoms with E-state index < -0.39 is 8.60 Å². The van der Waals surface area contributed by atoms with E-state index in [1.54, 1.807) is 19.3 Å². The van der Waals surface area contributed by atoms with Crippen molar-refractivity contribution in [1.82, 2.24) is 9.13 Å². The molecule has 0 saturated heterocycles. The predicted octanol–water partition coefficient (Wildman–Crippen LogP) is 0.762. The van der Waals surface area contributed by atoms with Crippen molar-refractivity contribution >= 4 is 21.0 Å². The Morgan fingerprint density at radius 3 is 1.50 bits per heavy atom. The number of aryl methyl sites for hydroxylation is 2. The van der Waals surface area contributed by atoms with Gasteiger partial charge >= 0.3 is 0 Å². The van der Waals surface area contributed by atoms with Crippen LogP contribution in [0.15, 0.2) is 50.6 Å². The first-order valence-corrected chi connectivity index (χ1v) is 8.75. The summed E-state index contributed by atoms with van der Waals surface area (Å²) in [4.78, 5) is 18.8. The van der Waals surface area contributed by atoms with Crippen LogP contribution in [0.5, 0.6) is 0 Å². The number of hydrogen-bond acceptors (Lipinski definition) is 3. The second-order valence-corrected chi connectivity index (χ2v) is 5.09. The van der Waals surface area contributed by atoms with Crippen molar-refractivity contribution in [1.29, 1.82) is 0 Å². The molecule has 0 aliphatic rings. The Morgan fingerprint density at radius 1 is 0.958 bits per heavy atom. The highest BCUT2D eigenvalue weighted by atomic mass is 31.2. The summed E-state index contributed by atoms with van der Waals surface area (Å²) in [6.07, 6.45) is 15.5.